The first-order valence-electron chi connectivity index (χ1n) is 10.6. The number of amides is 1. The van der Waals surface area contributed by atoms with Crippen LogP contribution in [0.25, 0.3) is 11.4 Å². The van der Waals surface area contributed by atoms with Crippen molar-refractivity contribution in [3.63, 3.8) is 0 Å². The van der Waals surface area contributed by atoms with Gasteiger partial charge in [0.05, 0.1) is 11.8 Å². The number of aryl methyl sites for hydroxylation is 1. The number of nitrogens with one attached hydrogen (secondary N) is 1. The van der Waals surface area contributed by atoms with E-state index in [2.05, 4.69) is 62.3 Å². The summed E-state index contributed by atoms with van der Waals surface area (Å²) in [6.45, 7) is 2.06. The maximum atomic E-state index is 12.9. The molecule has 1 saturated carbocycles. The lowest BCUT2D eigenvalue weighted by Gasteiger charge is -2.18. The van der Waals surface area contributed by atoms with E-state index in [1.54, 1.807) is 23.7 Å². The zero-order chi connectivity index (χ0) is 21.9. The number of thiophene rings is 1. The lowest BCUT2D eigenvalue weighted by atomic mass is 10.0. The predicted molar refractivity (Wildman–Crippen MR) is 128 cm³/mol. The number of pyridine rings is 1. The van der Waals surface area contributed by atoms with Gasteiger partial charge in [-0.15, -0.1) is 21.5 Å². The van der Waals surface area contributed by atoms with Crippen molar-refractivity contribution >= 4 is 29.0 Å². The molecule has 3 aromatic heterocycles. The molecule has 8 heteroatoms. The van der Waals surface area contributed by atoms with Gasteiger partial charge < -0.3 is 5.32 Å². The van der Waals surface area contributed by atoms with Gasteiger partial charge in [-0.25, -0.2) is 0 Å². The summed E-state index contributed by atoms with van der Waals surface area (Å²) in [6.07, 6.45) is 5.77. The fraction of sp³-hybridized carbons (Fsp3) is 0.250. The molecule has 1 aromatic carbocycles. The van der Waals surface area contributed by atoms with Gasteiger partial charge in [-0.3, -0.25) is 14.3 Å². The summed E-state index contributed by atoms with van der Waals surface area (Å²) in [5, 5.41) is 14.8. The second-order valence-electron chi connectivity index (χ2n) is 7.86. The molecule has 32 heavy (non-hydrogen) atoms. The largest absolute Gasteiger partial charge is 0.344 e. The maximum absolute atomic E-state index is 12.9. The van der Waals surface area contributed by atoms with Crippen LogP contribution in [0.4, 0.5) is 0 Å². The molecule has 1 atom stereocenters. The molecule has 0 spiro atoms. The standard InChI is InChI=1S/C24H23N5OS2/c1-16-6-8-17(9-7-16)22(20-5-3-13-31-20)26-21(30)15-32-24-28-27-23(29(24)19-10-11-19)18-4-2-12-25-14-18/h2-9,12-14,19,22H,10-11,15H2,1H3,(H,26,30)/t22-/m0/s1. The van der Waals surface area contributed by atoms with E-state index in [9.17, 15) is 4.79 Å². The third-order valence-electron chi connectivity index (χ3n) is 5.37. The monoisotopic (exact) mass is 461 g/mol. The highest BCUT2D eigenvalue weighted by atomic mass is 32.2. The van der Waals surface area contributed by atoms with Crippen molar-refractivity contribution in [2.75, 3.05) is 5.75 Å². The van der Waals surface area contributed by atoms with Gasteiger partial charge in [0.15, 0.2) is 11.0 Å². The highest BCUT2D eigenvalue weighted by Crippen LogP contribution is 2.41. The highest BCUT2D eigenvalue weighted by Gasteiger charge is 2.30. The molecule has 0 radical (unpaired) electrons. The Morgan fingerprint density at radius 1 is 1.19 bits per heavy atom. The number of aromatic nitrogens is 4. The van der Waals surface area contributed by atoms with Crippen LogP contribution >= 0.6 is 23.1 Å². The van der Waals surface area contributed by atoms with Crippen molar-refractivity contribution in [1.29, 1.82) is 0 Å². The summed E-state index contributed by atoms with van der Waals surface area (Å²) in [7, 11) is 0. The van der Waals surface area contributed by atoms with Crippen molar-refractivity contribution in [2.45, 2.75) is 37.0 Å². The van der Waals surface area contributed by atoms with Gasteiger partial charge in [-0.2, -0.15) is 0 Å². The summed E-state index contributed by atoms with van der Waals surface area (Å²) >= 11 is 3.08. The molecule has 5 rings (SSSR count). The summed E-state index contributed by atoms with van der Waals surface area (Å²) < 4.78 is 2.16. The van der Waals surface area contributed by atoms with Gasteiger partial charge in [-0.1, -0.05) is 47.7 Å². The van der Waals surface area contributed by atoms with Crippen LogP contribution in [-0.4, -0.2) is 31.4 Å². The minimum absolute atomic E-state index is 0.0257. The van der Waals surface area contributed by atoms with E-state index in [0.29, 0.717) is 6.04 Å². The van der Waals surface area contributed by atoms with E-state index < -0.39 is 0 Å². The number of nitrogens with zero attached hydrogens (tertiary/aromatic N) is 4. The zero-order valence-electron chi connectivity index (χ0n) is 17.6. The number of carbonyl (C=O) groups is 1. The Labute approximate surface area is 195 Å². The fourth-order valence-corrected chi connectivity index (χ4v) is 5.21. The van der Waals surface area contributed by atoms with E-state index in [4.69, 9.17) is 0 Å². The van der Waals surface area contributed by atoms with Crippen LogP contribution in [0.1, 0.15) is 40.9 Å². The van der Waals surface area contributed by atoms with Gasteiger partial charge in [-0.05, 0) is 48.9 Å². The van der Waals surface area contributed by atoms with Crippen LogP contribution in [-0.2, 0) is 4.79 Å². The Bertz CT molecular complexity index is 1190. The van der Waals surface area contributed by atoms with Crippen molar-refractivity contribution in [3.8, 4) is 11.4 Å². The van der Waals surface area contributed by atoms with E-state index in [-0.39, 0.29) is 17.7 Å². The fourth-order valence-electron chi connectivity index (χ4n) is 3.60. The molecule has 1 amide bonds. The average molecular weight is 462 g/mol. The molecule has 1 aliphatic rings. The van der Waals surface area contributed by atoms with Gasteiger partial charge in [0, 0.05) is 28.9 Å². The number of hydrogen-bond donors (Lipinski definition) is 1. The maximum Gasteiger partial charge on any atom is 0.231 e. The van der Waals surface area contributed by atoms with E-state index >= 15 is 0 Å². The topological polar surface area (TPSA) is 72.7 Å². The van der Waals surface area contributed by atoms with Crippen LogP contribution in [0.2, 0.25) is 0 Å². The number of thioether (sulfide) groups is 1. The molecule has 162 valence electrons. The Morgan fingerprint density at radius 2 is 2.03 bits per heavy atom. The molecule has 4 aromatic rings. The summed E-state index contributed by atoms with van der Waals surface area (Å²) in [6, 6.07) is 16.5. The second kappa shape index (κ2) is 9.26. The predicted octanol–water partition coefficient (Wildman–Crippen LogP) is 5.04. The lowest BCUT2D eigenvalue weighted by Crippen LogP contribution is -2.30. The van der Waals surface area contributed by atoms with Gasteiger partial charge in [0.25, 0.3) is 0 Å². The molecule has 0 aliphatic heterocycles. The Balaban J connectivity index is 1.31. The SMILES string of the molecule is Cc1ccc([C@H](NC(=O)CSc2nnc(-c3cccnc3)n2C2CC2)c2cccs2)cc1. The average Bonchev–Trinajstić information content (AvgIpc) is 3.33. The van der Waals surface area contributed by atoms with Crippen LogP contribution in [0.5, 0.6) is 0 Å². The number of benzene rings is 1. The van der Waals surface area contributed by atoms with Crippen molar-refractivity contribution in [3.05, 3.63) is 82.3 Å². The summed E-state index contributed by atoms with van der Waals surface area (Å²) in [5.74, 6) is 1.08. The summed E-state index contributed by atoms with van der Waals surface area (Å²) in [5.41, 5.74) is 3.22. The molecule has 0 unspecified atom stereocenters. The van der Waals surface area contributed by atoms with Crippen LogP contribution < -0.4 is 5.32 Å². The van der Waals surface area contributed by atoms with Crippen LogP contribution in [0.3, 0.4) is 0 Å². The molecular weight excluding hydrogens is 438 g/mol. The molecule has 0 bridgehead atoms. The Hall–Kier alpha value is -2.97. The van der Waals surface area contributed by atoms with Crippen molar-refractivity contribution in [2.24, 2.45) is 0 Å². The third kappa shape index (κ3) is 4.61. The number of carbonyl (C=O) groups excluding carboxylic acids is 1. The first-order valence-corrected chi connectivity index (χ1v) is 12.4. The van der Waals surface area contributed by atoms with E-state index in [1.165, 1.54) is 17.3 Å². The van der Waals surface area contributed by atoms with Gasteiger partial charge >= 0.3 is 0 Å². The Morgan fingerprint density at radius 3 is 2.72 bits per heavy atom. The first-order chi connectivity index (χ1) is 15.7. The number of rotatable bonds is 8. The molecule has 1 aliphatic carbocycles. The minimum Gasteiger partial charge on any atom is -0.344 e. The summed E-state index contributed by atoms with van der Waals surface area (Å²) in [4.78, 5) is 18.3. The molecular formula is C24H23N5OS2. The van der Waals surface area contributed by atoms with Gasteiger partial charge in [0.1, 0.15) is 0 Å². The molecule has 3 heterocycles. The zero-order valence-corrected chi connectivity index (χ0v) is 19.3. The Kier molecular flexibility index (Phi) is 6.05. The molecule has 6 nitrogen and oxygen atoms in total. The quantitative estimate of drug-likeness (QED) is 0.372. The first kappa shape index (κ1) is 20.9. The number of hydrogen-bond acceptors (Lipinski definition) is 6. The third-order valence-corrected chi connectivity index (χ3v) is 7.25. The van der Waals surface area contributed by atoms with E-state index in [0.717, 1.165) is 39.8 Å². The van der Waals surface area contributed by atoms with Gasteiger partial charge in [0.2, 0.25) is 5.91 Å². The molecule has 1 N–H and O–H groups in total. The van der Waals surface area contributed by atoms with Crippen LogP contribution in [0, 0.1) is 6.92 Å². The van der Waals surface area contributed by atoms with Crippen molar-refractivity contribution in [1.82, 2.24) is 25.1 Å². The van der Waals surface area contributed by atoms with Crippen LogP contribution in [0.15, 0.2) is 71.5 Å². The smallest absolute Gasteiger partial charge is 0.231 e. The van der Waals surface area contributed by atoms with E-state index in [1.807, 2.05) is 23.6 Å². The second-order valence-corrected chi connectivity index (χ2v) is 9.79. The highest BCUT2D eigenvalue weighted by molar-refractivity contribution is 7.99. The minimum atomic E-state index is -0.157. The molecule has 0 saturated heterocycles. The lowest BCUT2D eigenvalue weighted by molar-refractivity contribution is -0.119. The van der Waals surface area contributed by atoms with Crippen molar-refractivity contribution < 1.29 is 4.79 Å². The molecule has 1 fully saturated rings. The normalized spacial score (nSPS) is 14.3.